The van der Waals surface area contributed by atoms with Crippen LogP contribution < -0.4 is 5.32 Å². The lowest BCUT2D eigenvalue weighted by atomic mass is 9.87. The second-order valence-electron chi connectivity index (χ2n) is 6.31. The number of rotatable bonds is 4. The van der Waals surface area contributed by atoms with Crippen LogP contribution in [0, 0.1) is 5.92 Å². The van der Waals surface area contributed by atoms with E-state index in [4.69, 9.17) is 9.84 Å². The first-order valence-corrected chi connectivity index (χ1v) is 7.93. The molecule has 0 bridgehead atoms. The van der Waals surface area contributed by atoms with E-state index in [-0.39, 0.29) is 18.7 Å². The summed E-state index contributed by atoms with van der Waals surface area (Å²) < 4.78 is 5.28. The standard InChI is InChI=1S/C15H26N2O4/c1-11-3-2-4-12(9-11)16-15(20)17-7-5-13(6-8-17)21-10-14(18)19/h11-13H,2-10H2,1H3,(H,16,20)(H,18,19). The summed E-state index contributed by atoms with van der Waals surface area (Å²) in [5.41, 5.74) is 0. The molecule has 21 heavy (non-hydrogen) atoms. The van der Waals surface area contributed by atoms with Crippen molar-refractivity contribution in [3.05, 3.63) is 0 Å². The van der Waals surface area contributed by atoms with E-state index >= 15 is 0 Å². The van der Waals surface area contributed by atoms with Gasteiger partial charge in [0.25, 0.3) is 0 Å². The third kappa shape index (κ3) is 5.19. The van der Waals surface area contributed by atoms with Gasteiger partial charge in [0.1, 0.15) is 6.61 Å². The van der Waals surface area contributed by atoms with E-state index in [0.717, 1.165) is 12.8 Å². The molecule has 1 heterocycles. The Kier molecular flexibility index (Phi) is 5.85. The minimum atomic E-state index is -0.943. The predicted octanol–water partition coefficient (Wildman–Crippen LogP) is 1.84. The molecule has 1 aliphatic heterocycles. The minimum Gasteiger partial charge on any atom is -0.480 e. The molecule has 0 radical (unpaired) electrons. The number of carbonyl (C=O) groups excluding carboxylic acids is 1. The molecule has 2 fully saturated rings. The predicted molar refractivity (Wildman–Crippen MR) is 78.1 cm³/mol. The van der Waals surface area contributed by atoms with Crippen LogP contribution in [0.15, 0.2) is 0 Å². The number of ether oxygens (including phenoxy) is 1. The van der Waals surface area contributed by atoms with Gasteiger partial charge in [-0.25, -0.2) is 9.59 Å². The molecule has 2 rings (SSSR count). The normalized spacial score (nSPS) is 27.4. The number of carboxylic acids is 1. The van der Waals surface area contributed by atoms with Crippen LogP contribution in [-0.4, -0.2) is 53.8 Å². The number of hydrogen-bond acceptors (Lipinski definition) is 3. The quantitative estimate of drug-likeness (QED) is 0.830. The lowest BCUT2D eigenvalue weighted by Crippen LogP contribution is -2.49. The van der Waals surface area contributed by atoms with E-state index in [1.54, 1.807) is 0 Å². The molecule has 6 nitrogen and oxygen atoms in total. The molecule has 2 unspecified atom stereocenters. The van der Waals surface area contributed by atoms with E-state index in [9.17, 15) is 9.59 Å². The molecule has 0 aromatic carbocycles. The summed E-state index contributed by atoms with van der Waals surface area (Å²) in [6.45, 7) is 3.26. The molecule has 2 N–H and O–H groups in total. The van der Waals surface area contributed by atoms with Crippen molar-refractivity contribution in [2.45, 2.75) is 57.6 Å². The number of piperidine rings is 1. The Bertz CT molecular complexity index is 367. The molecule has 1 saturated heterocycles. The second kappa shape index (κ2) is 7.64. The fourth-order valence-electron chi connectivity index (χ4n) is 3.25. The first kappa shape index (κ1) is 16.1. The Morgan fingerprint density at radius 2 is 1.95 bits per heavy atom. The summed E-state index contributed by atoms with van der Waals surface area (Å²) in [6, 6.07) is 0.327. The van der Waals surface area contributed by atoms with Gasteiger partial charge in [-0.3, -0.25) is 0 Å². The summed E-state index contributed by atoms with van der Waals surface area (Å²) >= 11 is 0. The fourth-order valence-corrected chi connectivity index (χ4v) is 3.25. The van der Waals surface area contributed by atoms with Crippen molar-refractivity contribution in [2.75, 3.05) is 19.7 Å². The summed E-state index contributed by atoms with van der Waals surface area (Å²) in [4.78, 5) is 24.5. The number of hydrogen-bond donors (Lipinski definition) is 2. The van der Waals surface area contributed by atoms with Crippen LogP contribution >= 0.6 is 0 Å². The Balaban J connectivity index is 1.69. The van der Waals surface area contributed by atoms with Crippen LogP contribution in [0.25, 0.3) is 0 Å². The van der Waals surface area contributed by atoms with Gasteiger partial charge in [-0.1, -0.05) is 19.8 Å². The number of amides is 2. The van der Waals surface area contributed by atoms with Crippen LogP contribution in [0.5, 0.6) is 0 Å². The number of urea groups is 1. The van der Waals surface area contributed by atoms with Gasteiger partial charge in [-0.05, 0) is 31.6 Å². The molecule has 1 aliphatic carbocycles. The number of nitrogens with one attached hydrogen (secondary N) is 1. The van der Waals surface area contributed by atoms with Gasteiger partial charge in [0, 0.05) is 19.1 Å². The van der Waals surface area contributed by atoms with Crippen LogP contribution in [0.3, 0.4) is 0 Å². The molecule has 6 heteroatoms. The summed E-state index contributed by atoms with van der Waals surface area (Å²) in [7, 11) is 0. The number of carbonyl (C=O) groups is 2. The van der Waals surface area contributed by atoms with E-state index in [2.05, 4.69) is 12.2 Å². The highest BCUT2D eigenvalue weighted by Crippen LogP contribution is 2.24. The minimum absolute atomic E-state index is 0.0192. The van der Waals surface area contributed by atoms with E-state index in [1.807, 2.05) is 4.90 Å². The zero-order chi connectivity index (χ0) is 15.2. The Morgan fingerprint density at radius 1 is 1.24 bits per heavy atom. The number of likely N-dealkylation sites (tertiary alicyclic amines) is 1. The maximum absolute atomic E-state index is 12.2. The molecule has 2 amide bonds. The van der Waals surface area contributed by atoms with Crippen LogP contribution in [-0.2, 0) is 9.53 Å². The van der Waals surface area contributed by atoms with E-state index in [1.165, 1.54) is 12.8 Å². The van der Waals surface area contributed by atoms with Crippen LogP contribution in [0.1, 0.15) is 45.4 Å². The molecule has 0 aromatic heterocycles. The third-order valence-corrected chi connectivity index (χ3v) is 4.44. The number of carboxylic acid groups (broad SMARTS) is 1. The third-order valence-electron chi connectivity index (χ3n) is 4.44. The zero-order valence-corrected chi connectivity index (χ0v) is 12.7. The second-order valence-corrected chi connectivity index (χ2v) is 6.31. The maximum Gasteiger partial charge on any atom is 0.329 e. The first-order chi connectivity index (χ1) is 10.0. The van der Waals surface area contributed by atoms with Crippen molar-refractivity contribution in [2.24, 2.45) is 5.92 Å². The van der Waals surface area contributed by atoms with Gasteiger partial charge < -0.3 is 20.1 Å². The zero-order valence-electron chi connectivity index (χ0n) is 12.7. The van der Waals surface area contributed by atoms with Crippen LogP contribution in [0.4, 0.5) is 4.79 Å². The van der Waals surface area contributed by atoms with E-state index < -0.39 is 5.97 Å². The summed E-state index contributed by atoms with van der Waals surface area (Å²) in [6.07, 6.45) is 5.98. The molecule has 0 spiro atoms. The highest BCUT2D eigenvalue weighted by Gasteiger charge is 2.26. The Hall–Kier alpha value is -1.30. The summed E-state index contributed by atoms with van der Waals surface area (Å²) in [5, 5.41) is 11.7. The fraction of sp³-hybridized carbons (Fsp3) is 0.867. The average Bonchev–Trinajstić information content (AvgIpc) is 2.45. The van der Waals surface area contributed by atoms with Gasteiger partial charge in [-0.2, -0.15) is 0 Å². The van der Waals surface area contributed by atoms with Gasteiger partial charge in [0.05, 0.1) is 6.10 Å². The molecule has 0 aromatic rings. The lowest BCUT2D eigenvalue weighted by molar-refractivity contribution is -0.145. The molecular formula is C15H26N2O4. The highest BCUT2D eigenvalue weighted by atomic mass is 16.5. The topological polar surface area (TPSA) is 78.9 Å². The largest absolute Gasteiger partial charge is 0.480 e. The Morgan fingerprint density at radius 3 is 2.57 bits per heavy atom. The van der Waals surface area contributed by atoms with E-state index in [0.29, 0.717) is 37.9 Å². The van der Waals surface area contributed by atoms with Gasteiger partial charge in [0.2, 0.25) is 0 Å². The molecule has 1 saturated carbocycles. The monoisotopic (exact) mass is 298 g/mol. The first-order valence-electron chi connectivity index (χ1n) is 7.93. The lowest BCUT2D eigenvalue weighted by Gasteiger charge is -2.34. The maximum atomic E-state index is 12.2. The van der Waals surface area contributed by atoms with Crippen molar-refractivity contribution in [3.63, 3.8) is 0 Å². The Labute approximate surface area is 125 Å². The molecule has 2 atom stereocenters. The molecular weight excluding hydrogens is 272 g/mol. The SMILES string of the molecule is CC1CCCC(NC(=O)N2CCC(OCC(=O)O)CC2)C1. The van der Waals surface area contributed by atoms with Gasteiger partial charge >= 0.3 is 12.0 Å². The summed E-state index contributed by atoms with van der Waals surface area (Å²) in [5.74, 6) is -0.249. The smallest absolute Gasteiger partial charge is 0.329 e. The van der Waals surface area contributed by atoms with Crippen molar-refractivity contribution in [3.8, 4) is 0 Å². The average molecular weight is 298 g/mol. The van der Waals surface area contributed by atoms with Crippen LogP contribution in [0.2, 0.25) is 0 Å². The highest BCUT2D eigenvalue weighted by molar-refractivity contribution is 5.74. The molecule has 120 valence electrons. The van der Waals surface area contributed by atoms with Gasteiger partial charge in [-0.15, -0.1) is 0 Å². The number of aliphatic carboxylic acids is 1. The van der Waals surface area contributed by atoms with Crippen molar-refractivity contribution in [1.82, 2.24) is 10.2 Å². The van der Waals surface area contributed by atoms with Crippen molar-refractivity contribution in [1.29, 1.82) is 0 Å². The molecule has 2 aliphatic rings. The van der Waals surface area contributed by atoms with Gasteiger partial charge in [0.15, 0.2) is 0 Å². The number of nitrogens with zero attached hydrogens (tertiary/aromatic N) is 1. The van der Waals surface area contributed by atoms with Crippen molar-refractivity contribution >= 4 is 12.0 Å². The van der Waals surface area contributed by atoms with Crippen molar-refractivity contribution < 1.29 is 19.4 Å².